The minimum atomic E-state index is 0.702. The van der Waals surface area contributed by atoms with E-state index in [1.54, 1.807) is 11.3 Å². The van der Waals surface area contributed by atoms with Crippen molar-refractivity contribution in [2.45, 2.75) is 45.6 Å². The minimum Gasteiger partial charge on any atom is -0.314 e. The highest BCUT2D eigenvalue weighted by Crippen LogP contribution is 2.11. The first-order chi connectivity index (χ1) is 6.86. The van der Waals surface area contributed by atoms with Crippen molar-refractivity contribution in [2.75, 3.05) is 6.54 Å². The topological polar surface area (TPSA) is 24.9 Å². The van der Waals surface area contributed by atoms with Gasteiger partial charge in [0.15, 0.2) is 0 Å². The molecule has 0 aliphatic heterocycles. The maximum atomic E-state index is 4.08. The average Bonchev–Trinajstić information content (AvgIpc) is 2.69. The van der Waals surface area contributed by atoms with Crippen molar-refractivity contribution in [3.05, 3.63) is 16.6 Å². The van der Waals surface area contributed by atoms with E-state index in [0.717, 1.165) is 6.54 Å². The Balaban J connectivity index is 2.13. The molecule has 0 saturated heterocycles. The quantitative estimate of drug-likeness (QED) is 0.752. The fourth-order valence-electron chi connectivity index (χ4n) is 1.63. The second-order valence-electron chi connectivity index (χ2n) is 3.52. The first kappa shape index (κ1) is 11.7. The van der Waals surface area contributed by atoms with Crippen molar-refractivity contribution in [3.8, 4) is 0 Å². The maximum absolute atomic E-state index is 4.08. The lowest BCUT2D eigenvalue weighted by Gasteiger charge is -2.14. The first-order valence-corrected chi connectivity index (χ1v) is 6.35. The zero-order valence-electron chi connectivity index (χ0n) is 9.12. The Labute approximate surface area is 90.8 Å². The summed E-state index contributed by atoms with van der Waals surface area (Å²) in [7, 11) is 0. The van der Waals surface area contributed by atoms with Crippen LogP contribution in [0.1, 0.15) is 38.0 Å². The van der Waals surface area contributed by atoms with Crippen molar-refractivity contribution in [1.29, 1.82) is 0 Å². The third kappa shape index (κ3) is 4.20. The van der Waals surface area contributed by atoms with E-state index in [0.29, 0.717) is 6.04 Å². The van der Waals surface area contributed by atoms with Crippen LogP contribution < -0.4 is 5.32 Å². The molecule has 0 aromatic carbocycles. The van der Waals surface area contributed by atoms with E-state index in [2.05, 4.69) is 24.1 Å². The summed E-state index contributed by atoms with van der Waals surface area (Å²) in [5, 5.41) is 3.50. The van der Waals surface area contributed by atoms with Crippen LogP contribution in [0.4, 0.5) is 0 Å². The third-order valence-electron chi connectivity index (χ3n) is 2.44. The van der Waals surface area contributed by atoms with Gasteiger partial charge in [-0.05, 0) is 32.2 Å². The SMILES string of the molecule is CCNC(CC)CCCc1cncs1. The van der Waals surface area contributed by atoms with Gasteiger partial charge in [0.25, 0.3) is 0 Å². The normalized spacial score (nSPS) is 13.0. The number of aryl methyl sites for hydroxylation is 1. The van der Waals surface area contributed by atoms with Crippen molar-refractivity contribution < 1.29 is 0 Å². The summed E-state index contributed by atoms with van der Waals surface area (Å²) < 4.78 is 0. The standard InChI is InChI=1S/C11H20N2S/c1-3-10(13-4-2)6-5-7-11-8-12-9-14-11/h8-10,13H,3-7H2,1-2H3. The molecule has 0 bridgehead atoms. The summed E-state index contributed by atoms with van der Waals surface area (Å²) >= 11 is 1.76. The van der Waals surface area contributed by atoms with Gasteiger partial charge in [0.1, 0.15) is 0 Å². The van der Waals surface area contributed by atoms with Gasteiger partial charge in [-0.15, -0.1) is 11.3 Å². The summed E-state index contributed by atoms with van der Waals surface area (Å²) in [6.45, 7) is 5.50. The predicted octanol–water partition coefficient (Wildman–Crippen LogP) is 2.85. The molecule has 2 nitrogen and oxygen atoms in total. The fourth-order valence-corrected chi connectivity index (χ4v) is 2.27. The Kier molecular flexibility index (Phi) is 5.80. The van der Waals surface area contributed by atoms with Crippen LogP contribution in [-0.2, 0) is 6.42 Å². The summed E-state index contributed by atoms with van der Waals surface area (Å²) in [4.78, 5) is 5.49. The smallest absolute Gasteiger partial charge is 0.0794 e. The molecule has 0 fully saturated rings. The molecule has 0 saturated carbocycles. The molecule has 0 spiro atoms. The predicted molar refractivity (Wildman–Crippen MR) is 62.8 cm³/mol. The van der Waals surface area contributed by atoms with Crippen LogP contribution in [0.5, 0.6) is 0 Å². The van der Waals surface area contributed by atoms with E-state index >= 15 is 0 Å². The van der Waals surface area contributed by atoms with Gasteiger partial charge in [-0.2, -0.15) is 0 Å². The van der Waals surface area contributed by atoms with Gasteiger partial charge in [0.2, 0.25) is 0 Å². The van der Waals surface area contributed by atoms with Crippen molar-refractivity contribution in [2.24, 2.45) is 0 Å². The van der Waals surface area contributed by atoms with Gasteiger partial charge in [-0.25, -0.2) is 0 Å². The minimum absolute atomic E-state index is 0.702. The summed E-state index contributed by atoms with van der Waals surface area (Å²) in [5.74, 6) is 0. The zero-order chi connectivity index (χ0) is 10.2. The molecule has 1 rings (SSSR count). The molecular formula is C11H20N2S. The molecule has 0 amide bonds. The number of aromatic nitrogens is 1. The number of nitrogens with zero attached hydrogens (tertiary/aromatic N) is 1. The summed E-state index contributed by atoms with van der Waals surface area (Å²) in [5.41, 5.74) is 1.91. The van der Waals surface area contributed by atoms with Crippen LogP contribution in [0.25, 0.3) is 0 Å². The van der Waals surface area contributed by atoms with Crippen molar-refractivity contribution >= 4 is 11.3 Å². The highest BCUT2D eigenvalue weighted by molar-refractivity contribution is 7.09. The Bertz CT molecular complexity index is 221. The average molecular weight is 212 g/mol. The lowest BCUT2D eigenvalue weighted by molar-refractivity contribution is 0.467. The molecule has 1 atom stereocenters. The number of hydrogen-bond donors (Lipinski definition) is 1. The highest BCUT2D eigenvalue weighted by Gasteiger charge is 2.04. The van der Waals surface area contributed by atoms with Crippen LogP contribution >= 0.6 is 11.3 Å². The van der Waals surface area contributed by atoms with Crippen LogP contribution in [0.15, 0.2) is 11.7 Å². The van der Waals surface area contributed by atoms with Crippen LogP contribution in [-0.4, -0.2) is 17.6 Å². The Hall–Kier alpha value is -0.410. The Morgan fingerprint density at radius 2 is 2.36 bits per heavy atom. The Morgan fingerprint density at radius 3 is 2.93 bits per heavy atom. The molecule has 0 aliphatic rings. The number of rotatable bonds is 7. The van der Waals surface area contributed by atoms with Crippen LogP contribution in [0.2, 0.25) is 0 Å². The molecule has 1 unspecified atom stereocenters. The molecule has 1 aromatic heterocycles. The van der Waals surface area contributed by atoms with E-state index < -0.39 is 0 Å². The molecule has 80 valence electrons. The van der Waals surface area contributed by atoms with E-state index in [4.69, 9.17) is 0 Å². The maximum Gasteiger partial charge on any atom is 0.0794 e. The first-order valence-electron chi connectivity index (χ1n) is 5.47. The van der Waals surface area contributed by atoms with Crippen molar-refractivity contribution in [1.82, 2.24) is 10.3 Å². The molecule has 0 radical (unpaired) electrons. The number of nitrogens with one attached hydrogen (secondary N) is 1. The second-order valence-corrected chi connectivity index (χ2v) is 4.49. The molecule has 1 N–H and O–H groups in total. The largest absolute Gasteiger partial charge is 0.314 e. The van der Waals surface area contributed by atoms with E-state index in [1.165, 1.54) is 30.6 Å². The van der Waals surface area contributed by atoms with E-state index in [9.17, 15) is 0 Å². The second kappa shape index (κ2) is 6.96. The summed E-state index contributed by atoms with van der Waals surface area (Å²) in [6.07, 6.45) is 6.96. The van der Waals surface area contributed by atoms with Crippen molar-refractivity contribution in [3.63, 3.8) is 0 Å². The number of thiazole rings is 1. The van der Waals surface area contributed by atoms with Crippen LogP contribution in [0, 0.1) is 0 Å². The highest BCUT2D eigenvalue weighted by atomic mass is 32.1. The van der Waals surface area contributed by atoms with Crippen LogP contribution in [0.3, 0.4) is 0 Å². The summed E-state index contributed by atoms with van der Waals surface area (Å²) in [6, 6.07) is 0.702. The lowest BCUT2D eigenvalue weighted by Crippen LogP contribution is -2.27. The Morgan fingerprint density at radius 1 is 1.50 bits per heavy atom. The van der Waals surface area contributed by atoms with E-state index in [1.807, 2.05) is 11.7 Å². The molecule has 1 heterocycles. The molecule has 3 heteroatoms. The molecule has 14 heavy (non-hydrogen) atoms. The van der Waals surface area contributed by atoms with Gasteiger partial charge < -0.3 is 5.32 Å². The monoisotopic (exact) mass is 212 g/mol. The molecule has 0 aliphatic carbocycles. The van der Waals surface area contributed by atoms with E-state index in [-0.39, 0.29) is 0 Å². The van der Waals surface area contributed by atoms with Gasteiger partial charge in [0, 0.05) is 17.1 Å². The van der Waals surface area contributed by atoms with Gasteiger partial charge in [-0.1, -0.05) is 13.8 Å². The molecule has 1 aromatic rings. The van der Waals surface area contributed by atoms with Gasteiger partial charge in [-0.3, -0.25) is 4.98 Å². The zero-order valence-corrected chi connectivity index (χ0v) is 9.94. The lowest BCUT2D eigenvalue weighted by atomic mass is 10.1. The van der Waals surface area contributed by atoms with Gasteiger partial charge >= 0.3 is 0 Å². The molecular weight excluding hydrogens is 192 g/mol. The third-order valence-corrected chi connectivity index (χ3v) is 3.28. The number of hydrogen-bond acceptors (Lipinski definition) is 3. The fraction of sp³-hybridized carbons (Fsp3) is 0.727. The van der Waals surface area contributed by atoms with Gasteiger partial charge in [0.05, 0.1) is 5.51 Å².